The maximum atomic E-state index is 13.2. The summed E-state index contributed by atoms with van der Waals surface area (Å²) < 4.78 is 11.6. The van der Waals surface area contributed by atoms with Gasteiger partial charge < -0.3 is 14.5 Å². The molecule has 2 N–H and O–H groups in total. The highest BCUT2D eigenvalue weighted by Gasteiger charge is 2.21. The van der Waals surface area contributed by atoms with Gasteiger partial charge in [0.25, 0.3) is 5.91 Å². The molecule has 0 radical (unpaired) electrons. The summed E-state index contributed by atoms with van der Waals surface area (Å²) in [5.74, 6) is 0.164. The van der Waals surface area contributed by atoms with E-state index in [1.165, 1.54) is 0 Å². The second-order valence-electron chi connectivity index (χ2n) is 8.05. The van der Waals surface area contributed by atoms with Crippen molar-refractivity contribution in [3.05, 3.63) is 98.1 Å². The van der Waals surface area contributed by atoms with Gasteiger partial charge in [0.05, 0.1) is 22.0 Å². The van der Waals surface area contributed by atoms with Crippen LogP contribution in [0.3, 0.4) is 0 Å². The monoisotopic (exact) mass is 535 g/mol. The van der Waals surface area contributed by atoms with Crippen molar-refractivity contribution >= 4 is 45.8 Å². The molecule has 9 nitrogen and oxygen atoms in total. The standard InChI is InChI=1S/C26H19Cl2N5O4/c27-19-12-7-15(14-20(19)28)4-3-13-36-17-10-8-16(9-11-17)26(35)29-22-23(34)18-5-1-2-6-21(18)37-24(22)25-30-32-33-31-25/h1-2,5-12,14H,3-4,13H2,(H,29,35)(H,30,31,32,33). The number of aryl methyl sites for hydroxylation is 1. The molecule has 11 heteroatoms. The number of aromatic nitrogens is 4. The van der Waals surface area contributed by atoms with Gasteiger partial charge in [-0.05, 0) is 72.1 Å². The molecule has 0 spiro atoms. The van der Waals surface area contributed by atoms with Gasteiger partial charge in [-0.2, -0.15) is 5.21 Å². The van der Waals surface area contributed by atoms with Crippen LogP contribution >= 0.6 is 23.2 Å². The lowest BCUT2D eigenvalue weighted by Gasteiger charge is -2.10. The zero-order chi connectivity index (χ0) is 25.8. The van der Waals surface area contributed by atoms with Crippen molar-refractivity contribution in [2.75, 3.05) is 11.9 Å². The van der Waals surface area contributed by atoms with E-state index in [0.29, 0.717) is 38.9 Å². The van der Waals surface area contributed by atoms with E-state index < -0.39 is 11.3 Å². The predicted octanol–water partition coefficient (Wildman–Crippen LogP) is 5.54. The summed E-state index contributed by atoms with van der Waals surface area (Å²) in [4.78, 5) is 26.1. The number of carbonyl (C=O) groups excluding carboxylic acids is 1. The van der Waals surface area contributed by atoms with E-state index in [4.69, 9.17) is 32.4 Å². The van der Waals surface area contributed by atoms with Crippen molar-refractivity contribution < 1.29 is 13.9 Å². The summed E-state index contributed by atoms with van der Waals surface area (Å²) in [6, 6.07) is 18.9. The van der Waals surface area contributed by atoms with Gasteiger partial charge in [0.15, 0.2) is 0 Å². The number of fused-ring (bicyclic) bond motifs is 1. The Morgan fingerprint density at radius 2 is 1.84 bits per heavy atom. The Hall–Kier alpha value is -4.21. The molecule has 0 aliphatic carbocycles. The number of H-pyrrole nitrogens is 1. The van der Waals surface area contributed by atoms with Gasteiger partial charge in [-0.25, -0.2) is 0 Å². The Morgan fingerprint density at radius 3 is 2.59 bits per heavy atom. The number of benzene rings is 3. The van der Waals surface area contributed by atoms with E-state index in [1.54, 1.807) is 54.6 Å². The first kappa shape index (κ1) is 24.5. The second-order valence-corrected chi connectivity index (χ2v) is 8.86. The summed E-state index contributed by atoms with van der Waals surface area (Å²) in [5, 5.41) is 17.6. The topological polar surface area (TPSA) is 123 Å². The first-order valence-electron chi connectivity index (χ1n) is 11.3. The number of anilines is 1. The Balaban J connectivity index is 1.26. The zero-order valence-corrected chi connectivity index (χ0v) is 20.7. The van der Waals surface area contributed by atoms with Gasteiger partial charge in [-0.1, -0.05) is 41.4 Å². The Bertz CT molecular complexity index is 1620. The number of para-hydroxylation sites is 1. The molecular formula is C26H19Cl2N5O4. The average molecular weight is 536 g/mol. The van der Waals surface area contributed by atoms with Gasteiger partial charge >= 0.3 is 0 Å². The van der Waals surface area contributed by atoms with Crippen LogP contribution < -0.4 is 15.5 Å². The lowest BCUT2D eigenvalue weighted by atomic mass is 10.1. The number of ether oxygens (including phenoxy) is 1. The van der Waals surface area contributed by atoms with E-state index >= 15 is 0 Å². The number of tetrazole rings is 1. The molecule has 3 aromatic carbocycles. The fourth-order valence-corrected chi connectivity index (χ4v) is 4.04. The van der Waals surface area contributed by atoms with E-state index in [2.05, 4.69) is 25.9 Å². The van der Waals surface area contributed by atoms with Gasteiger partial charge in [0.1, 0.15) is 17.0 Å². The summed E-state index contributed by atoms with van der Waals surface area (Å²) in [6.07, 6.45) is 1.56. The number of hydrogen-bond acceptors (Lipinski definition) is 7. The van der Waals surface area contributed by atoms with Crippen molar-refractivity contribution in [2.24, 2.45) is 0 Å². The number of rotatable bonds is 8. The van der Waals surface area contributed by atoms with Gasteiger partial charge in [-0.15, -0.1) is 10.2 Å². The minimum absolute atomic E-state index is 0.00716. The lowest BCUT2D eigenvalue weighted by Crippen LogP contribution is -2.19. The fourth-order valence-electron chi connectivity index (χ4n) is 3.72. The van der Waals surface area contributed by atoms with Crippen LogP contribution in [-0.2, 0) is 6.42 Å². The molecule has 0 unspecified atom stereocenters. The Morgan fingerprint density at radius 1 is 1.03 bits per heavy atom. The van der Waals surface area contributed by atoms with Crippen molar-refractivity contribution in [3.8, 4) is 17.3 Å². The highest BCUT2D eigenvalue weighted by molar-refractivity contribution is 6.42. The van der Waals surface area contributed by atoms with E-state index in [0.717, 1.165) is 18.4 Å². The second kappa shape index (κ2) is 10.8. The maximum absolute atomic E-state index is 13.2. The van der Waals surface area contributed by atoms with Gasteiger partial charge in [-0.3, -0.25) is 9.59 Å². The van der Waals surface area contributed by atoms with Crippen LogP contribution in [0.2, 0.25) is 10.0 Å². The molecule has 0 fully saturated rings. The molecule has 0 saturated carbocycles. The Labute approximate surface area is 220 Å². The third-order valence-electron chi connectivity index (χ3n) is 5.56. The van der Waals surface area contributed by atoms with Crippen LogP contribution in [0.1, 0.15) is 22.3 Å². The molecule has 0 atom stereocenters. The molecule has 2 heterocycles. The third kappa shape index (κ3) is 5.47. The maximum Gasteiger partial charge on any atom is 0.255 e. The van der Waals surface area contributed by atoms with E-state index in [-0.39, 0.29) is 17.3 Å². The van der Waals surface area contributed by atoms with Crippen molar-refractivity contribution in [1.82, 2.24) is 20.6 Å². The molecule has 2 aromatic heterocycles. The number of nitrogens with zero attached hydrogens (tertiary/aromatic N) is 3. The van der Waals surface area contributed by atoms with Gasteiger partial charge in [0.2, 0.25) is 17.0 Å². The molecule has 5 aromatic rings. The first-order valence-corrected chi connectivity index (χ1v) is 12.0. The normalized spacial score (nSPS) is 11.0. The number of hydrogen-bond donors (Lipinski definition) is 2. The van der Waals surface area contributed by atoms with Gasteiger partial charge in [0, 0.05) is 5.56 Å². The SMILES string of the molecule is O=C(Nc1c(-c2nn[nH]n2)oc2ccccc2c1=O)c1ccc(OCCCc2ccc(Cl)c(Cl)c2)cc1. The highest BCUT2D eigenvalue weighted by Crippen LogP contribution is 2.27. The summed E-state index contributed by atoms with van der Waals surface area (Å²) in [5.41, 5.74) is 1.24. The van der Waals surface area contributed by atoms with Crippen molar-refractivity contribution in [3.63, 3.8) is 0 Å². The van der Waals surface area contributed by atoms with E-state index in [9.17, 15) is 9.59 Å². The summed E-state index contributed by atoms with van der Waals surface area (Å²) >= 11 is 12.0. The van der Waals surface area contributed by atoms with Crippen LogP contribution in [0.25, 0.3) is 22.6 Å². The number of halogens is 2. The van der Waals surface area contributed by atoms with Crippen LogP contribution in [0.15, 0.2) is 75.9 Å². The smallest absolute Gasteiger partial charge is 0.255 e. The molecule has 0 bridgehead atoms. The molecular weight excluding hydrogens is 517 g/mol. The Kier molecular flexibility index (Phi) is 7.16. The summed E-state index contributed by atoms with van der Waals surface area (Å²) in [7, 11) is 0. The molecule has 0 aliphatic rings. The third-order valence-corrected chi connectivity index (χ3v) is 6.30. The number of aromatic amines is 1. The van der Waals surface area contributed by atoms with Crippen LogP contribution in [0, 0.1) is 0 Å². The predicted molar refractivity (Wildman–Crippen MR) is 140 cm³/mol. The van der Waals surface area contributed by atoms with Crippen LogP contribution in [0.5, 0.6) is 5.75 Å². The molecule has 0 saturated heterocycles. The highest BCUT2D eigenvalue weighted by atomic mass is 35.5. The molecule has 37 heavy (non-hydrogen) atoms. The molecule has 186 valence electrons. The zero-order valence-electron chi connectivity index (χ0n) is 19.2. The summed E-state index contributed by atoms with van der Waals surface area (Å²) in [6.45, 7) is 0.484. The molecule has 0 aliphatic heterocycles. The lowest BCUT2D eigenvalue weighted by molar-refractivity contribution is 0.102. The molecule has 5 rings (SSSR count). The minimum Gasteiger partial charge on any atom is -0.494 e. The number of nitrogens with one attached hydrogen (secondary N) is 2. The quantitative estimate of drug-likeness (QED) is 0.250. The fraction of sp³-hybridized carbons (Fsp3) is 0.115. The van der Waals surface area contributed by atoms with E-state index in [1.807, 2.05) is 12.1 Å². The minimum atomic E-state index is -0.501. The number of carbonyl (C=O) groups is 1. The average Bonchev–Trinajstić information content (AvgIpc) is 3.45. The largest absolute Gasteiger partial charge is 0.494 e. The number of amides is 1. The first-order chi connectivity index (χ1) is 18.0. The van der Waals surface area contributed by atoms with Crippen molar-refractivity contribution in [1.29, 1.82) is 0 Å². The van der Waals surface area contributed by atoms with Crippen LogP contribution in [-0.4, -0.2) is 33.1 Å². The molecule has 1 amide bonds. The van der Waals surface area contributed by atoms with Crippen molar-refractivity contribution in [2.45, 2.75) is 12.8 Å². The van der Waals surface area contributed by atoms with Crippen LogP contribution in [0.4, 0.5) is 5.69 Å².